The van der Waals surface area contributed by atoms with E-state index in [0.717, 1.165) is 28.5 Å². The highest BCUT2D eigenvalue weighted by Crippen LogP contribution is 2.33. The summed E-state index contributed by atoms with van der Waals surface area (Å²) in [6.45, 7) is 2.14. The smallest absolute Gasteiger partial charge is 0.187 e. The summed E-state index contributed by atoms with van der Waals surface area (Å²) in [5.74, 6) is 0. The van der Waals surface area contributed by atoms with E-state index in [1.165, 1.54) is 5.56 Å². The lowest BCUT2D eigenvalue weighted by Crippen LogP contribution is -1.94. The summed E-state index contributed by atoms with van der Waals surface area (Å²) >= 11 is 13.7. The molecule has 22 heavy (non-hydrogen) atoms. The van der Waals surface area contributed by atoms with Crippen molar-refractivity contribution in [1.82, 2.24) is 4.98 Å². The summed E-state index contributed by atoms with van der Waals surface area (Å²) in [5.41, 5.74) is 4.10. The Kier molecular flexibility index (Phi) is 4.67. The zero-order valence-electron chi connectivity index (χ0n) is 11.9. The second-order valence-electron chi connectivity index (χ2n) is 4.80. The lowest BCUT2D eigenvalue weighted by molar-refractivity contribution is 1.14. The Hall–Kier alpha value is -1.55. The van der Waals surface area contributed by atoms with Gasteiger partial charge < -0.3 is 5.32 Å². The number of thiazole rings is 1. The monoisotopic (exact) mass is 348 g/mol. The van der Waals surface area contributed by atoms with E-state index in [1.807, 2.05) is 29.6 Å². The molecule has 2 nitrogen and oxygen atoms in total. The maximum Gasteiger partial charge on any atom is 0.187 e. The topological polar surface area (TPSA) is 24.9 Å². The Morgan fingerprint density at radius 1 is 1.14 bits per heavy atom. The molecule has 0 radical (unpaired) electrons. The summed E-state index contributed by atoms with van der Waals surface area (Å²) in [5, 5.41) is 7.46. The molecular weight excluding hydrogens is 335 g/mol. The third-order valence-corrected chi connectivity index (χ3v) is 4.66. The van der Waals surface area contributed by atoms with Gasteiger partial charge in [0.2, 0.25) is 0 Å². The molecule has 0 atom stereocenters. The van der Waals surface area contributed by atoms with Crippen LogP contribution in [0.4, 0.5) is 10.8 Å². The molecule has 3 rings (SSSR count). The number of aryl methyl sites for hydroxylation is 1. The zero-order chi connectivity index (χ0) is 15.5. The van der Waals surface area contributed by atoms with Crippen molar-refractivity contribution in [2.75, 3.05) is 5.32 Å². The van der Waals surface area contributed by atoms with Gasteiger partial charge in [-0.25, -0.2) is 4.98 Å². The Morgan fingerprint density at radius 2 is 1.95 bits per heavy atom. The van der Waals surface area contributed by atoms with Crippen LogP contribution >= 0.6 is 34.5 Å². The molecule has 0 spiro atoms. The second-order valence-corrected chi connectivity index (χ2v) is 6.50. The summed E-state index contributed by atoms with van der Waals surface area (Å²) in [4.78, 5) is 4.62. The molecule has 0 saturated heterocycles. The second kappa shape index (κ2) is 6.69. The highest BCUT2D eigenvalue weighted by Gasteiger charge is 2.10. The van der Waals surface area contributed by atoms with Crippen LogP contribution in [-0.4, -0.2) is 4.98 Å². The van der Waals surface area contributed by atoms with Crippen LogP contribution in [0.15, 0.2) is 47.8 Å². The van der Waals surface area contributed by atoms with Crippen LogP contribution in [-0.2, 0) is 6.42 Å². The van der Waals surface area contributed by atoms with Crippen molar-refractivity contribution in [1.29, 1.82) is 0 Å². The van der Waals surface area contributed by atoms with Crippen molar-refractivity contribution >= 4 is 45.4 Å². The SMILES string of the molecule is CCc1ccccc1Nc1nc(-c2ccc(Cl)cc2Cl)cs1. The van der Waals surface area contributed by atoms with E-state index < -0.39 is 0 Å². The number of halogens is 2. The number of aromatic nitrogens is 1. The lowest BCUT2D eigenvalue weighted by atomic mass is 10.1. The average molecular weight is 349 g/mol. The van der Waals surface area contributed by atoms with Gasteiger partial charge in [0.1, 0.15) is 0 Å². The van der Waals surface area contributed by atoms with E-state index in [9.17, 15) is 0 Å². The number of nitrogens with zero attached hydrogens (tertiary/aromatic N) is 1. The molecule has 112 valence electrons. The highest BCUT2D eigenvalue weighted by molar-refractivity contribution is 7.14. The number of nitrogens with one attached hydrogen (secondary N) is 1. The maximum absolute atomic E-state index is 6.24. The molecule has 3 aromatic rings. The Morgan fingerprint density at radius 3 is 2.73 bits per heavy atom. The summed E-state index contributed by atoms with van der Waals surface area (Å²) < 4.78 is 0. The van der Waals surface area contributed by atoms with Crippen molar-refractivity contribution in [3.05, 3.63) is 63.5 Å². The van der Waals surface area contributed by atoms with Gasteiger partial charge in [0.05, 0.1) is 10.7 Å². The fourth-order valence-corrected chi connectivity index (χ4v) is 3.45. The minimum Gasteiger partial charge on any atom is -0.331 e. The van der Waals surface area contributed by atoms with Gasteiger partial charge in [0.25, 0.3) is 0 Å². The first-order chi connectivity index (χ1) is 10.7. The molecule has 0 saturated carbocycles. The minimum absolute atomic E-state index is 0.610. The van der Waals surface area contributed by atoms with Crippen molar-refractivity contribution in [3.8, 4) is 11.3 Å². The Labute approximate surface area is 143 Å². The third-order valence-electron chi connectivity index (χ3n) is 3.35. The summed E-state index contributed by atoms with van der Waals surface area (Å²) in [6, 6.07) is 13.7. The first kappa shape index (κ1) is 15.3. The fourth-order valence-electron chi connectivity index (χ4n) is 2.22. The molecular formula is C17H14Cl2N2S. The number of hydrogen-bond acceptors (Lipinski definition) is 3. The predicted molar refractivity (Wildman–Crippen MR) is 96.7 cm³/mol. The predicted octanol–water partition coefficient (Wildman–Crippen LogP) is 6.42. The van der Waals surface area contributed by atoms with Crippen molar-refractivity contribution in [2.24, 2.45) is 0 Å². The standard InChI is InChI=1S/C17H14Cl2N2S/c1-2-11-5-3-4-6-15(11)20-17-21-16(10-22-17)13-8-7-12(18)9-14(13)19/h3-10H,2H2,1H3,(H,20,21). The average Bonchev–Trinajstić information content (AvgIpc) is 2.96. The number of benzene rings is 2. The van der Waals surface area contributed by atoms with Crippen molar-refractivity contribution < 1.29 is 0 Å². The minimum atomic E-state index is 0.610. The molecule has 0 aliphatic carbocycles. The molecule has 1 N–H and O–H groups in total. The van der Waals surface area contributed by atoms with Gasteiger partial charge in [0.15, 0.2) is 5.13 Å². The van der Waals surface area contributed by atoms with Crippen LogP contribution in [0.1, 0.15) is 12.5 Å². The van der Waals surface area contributed by atoms with E-state index in [2.05, 4.69) is 29.4 Å². The molecule has 1 heterocycles. The molecule has 0 fully saturated rings. The van der Waals surface area contributed by atoms with Gasteiger partial charge in [-0.3, -0.25) is 0 Å². The molecule has 2 aromatic carbocycles. The molecule has 0 unspecified atom stereocenters. The van der Waals surface area contributed by atoms with E-state index in [-0.39, 0.29) is 0 Å². The van der Waals surface area contributed by atoms with Gasteiger partial charge in [0, 0.05) is 21.7 Å². The molecule has 0 aliphatic rings. The van der Waals surface area contributed by atoms with Gasteiger partial charge >= 0.3 is 0 Å². The van der Waals surface area contributed by atoms with Crippen LogP contribution < -0.4 is 5.32 Å². The maximum atomic E-state index is 6.24. The molecule has 1 aromatic heterocycles. The number of rotatable bonds is 4. The van der Waals surface area contributed by atoms with Crippen molar-refractivity contribution in [3.63, 3.8) is 0 Å². The van der Waals surface area contributed by atoms with Crippen LogP contribution in [0.3, 0.4) is 0 Å². The molecule has 5 heteroatoms. The van der Waals surface area contributed by atoms with Gasteiger partial charge in [-0.15, -0.1) is 11.3 Å². The zero-order valence-corrected chi connectivity index (χ0v) is 14.3. The largest absolute Gasteiger partial charge is 0.331 e. The molecule has 0 bridgehead atoms. The normalized spacial score (nSPS) is 10.7. The van der Waals surface area contributed by atoms with Gasteiger partial charge in [-0.2, -0.15) is 0 Å². The Bertz CT molecular complexity index is 799. The first-order valence-corrected chi connectivity index (χ1v) is 8.57. The van der Waals surface area contributed by atoms with Crippen molar-refractivity contribution in [2.45, 2.75) is 13.3 Å². The molecule has 0 aliphatic heterocycles. The quantitative estimate of drug-likeness (QED) is 0.588. The highest BCUT2D eigenvalue weighted by atomic mass is 35.5. The van der Waals surface area contributed by atoms with E-state index >= 15 is 0 Å². The van der Waals surface area contributed by atoms with Crippen LogP contribution in [0.5, 0.6) is 0 Å². The third kappa shape index (κ3) is 3.27. The molecule has 0 amide bonds. The van der Waals surface area contributed by atoms with Gasteiger partial charge in [-0.05, 0) is 36.2 Å². The number of para-hydroxylation sites is 1. The van der Waals surface area contributed by atoms with E-state index in [4.69, 9.17) is 23.2 Å². The van der Waals surface area contributed by atoms with Crippen LogP contribution in [0, 0.1) is 0 Å². The lowest BCUT2D eigenvalue weighted by Gasteiger charge is -2.07. The first-order valence-electron chi connectivity index (χ1n) is 6.93. The van der Waals surface area contributed by atoms with Gasteiger partial charge in [-0.1, -0.05) is 48.3 Å². The van der Waals surface area contributed by atoms with Crippen LogP contribution in [0.25, 0.3) is 11.3 Å². The Balaban J connectivity index is 1.88. The van der Waals surface area contributed by atoms with E-state index in [0.29, 0.717) is 10.0 Å². The van der Waals surface area contributed by atoms with E-state index in [1.54, 1.807) is 17.4 Å². The fraction of sp³-hybridized carbons (Fsp3) is 0.118. The number of hydrogen-bond donors (Lipinski definition) is 1. The summed E-state index contributed by atoms with van der Waals surface area (Å²) in [7, 11) is 0. The van der Waals surface area contributed by atoms with Crippen LogP contribution in [0.2, 0.25) is 10.0 Å². The summed E-state index contributed by atoms with van der Waals surface area (Å²) in [6.07, 6.45) is 0.977. The number of anilines is 2.